The summed E-state index contributed by atoms with van der Waals surface area (Å²) in [5.74, 6) is 0.164. The Balaban J connectivity index is 2.04. The zero-order valence-corrected chi connectivity index (χ0v) is 14.5. The van der Waals surface area contributed by atoms with Crippen molar-refractivity contribution in [2.75, 3.05) is 0 Å². The summed E-state index contributed by atoms with van der Waals surface area (Å²) in [6, 6.07) is 9.85. The molecule has 1 N–H and O–H groups in total. The molecule has 4 nitrogen and oxygen atoms in total. The van der Waals surface area contributed by atoms with Crippen molar-refractivity contribution in [1.82, 2.24) is 0 Å². The molecular formula is C20H22O4. The lowest BCUT2D eigenvalue weighted by Gasteiger charge is -2.19. The highest BCUT2D eigenvalue weighted by Crippen LogP contribution is 2.45. The molecule has 4 heteroatoms. The van der Waals surface area contributed by atoms with E-state index in [1.165, 1.54) is 0 Å². The van der Waals surface area contributed by atoms with Gasteiger partial charge in [0.1, 0.15) is 29.3 Å². The Morgan fingerprint density at radius 3 is 2.50 bits per heavy atom. The van der Waals surface area contributed by atoms with Crippen LogP contribution in [0.15, 0.2) is 30.3 Å². The second-order valence-electron chi connectivity index (χ2n) is 6.88. The third-order valence-corrected chi connectivity index (χ3v) is 4.43. The second kappa shape index (κ2) is 5.86. The van der Waals surface area contributed by atoms with Crippen LogP contribution in [-0.4, -0.2) is 16.7 Å². The van der Waals surface area contributed by atoms with Gasteiger partial charge in [0.05, 0.1) is 0 Å². The number of hydrogen-bond donors (Lipinski definition) is 1. The van der Waals surface area contributed by atoms with Crippen LogP contribution in [0.2, 0.25) is 0 Å². The first-order valence-corrected chi connectivity index (χ1v) is 8.05. The van der Waals surface area contributed by atoms with E-state index in [4.69, 9.17) is 9.47 Å². The van der Waals surface area contributed by atoms with Gasteiger partial charge in [-0.3, -0.25) is 0 Å². The zero-order chi connectivity index (χ0) is 17.5. The SMILES string of the molecule is Cc1c2c(c(C(=O)O)c(C)c1OCc1ccccc1)OC(C)(C)C2. The summed E-state index contributed by atoms with van der Waals surface area (Å²) in [5, 5.41) is 9.67. The highest BCUT2D eigenvalue weighted by Gasteiger charge is 2.37. The summed E-state index contributed by atoms with van der Waals surface area (Å²) in [6.07, 6.45) is 0.677. The minimum atomic E-state index is -0.981. The minimum absolute atomic E-state index is 0.212. The number of carboxylic acids is 1. The number of rotatable bonds is 4. The van der Waals surface area contributed by atoms with Crippen LogP contribution < -0.4 is 9.47 Å². The van der Waals surface area contributed by atoms with E-state index in [2.05, 4.69) is 0 Å². The van der Waals surface area contributed by atoms with Crippen LogP contribution in [0.25, 0.3) is 0 Å². The van der Waals surface area contributed by atoms with Crippen LogP contribution in [0, 0.1) is 13.8 Å². The van der Waals surface area contributed by atoms with Crippen LogP contribution in [0.1, 0.15) is 46.5 Å². The van der Waals surface area contributed by atoms with Crippen molar-refractivity contribution in [2.45, 2.75) is 46.3 Å². The van der Waals surface area contributed by atoms with E-state index in [-0.39, 0.29) is 5.56 Å². The zero-order valence-electron chi connectivity index (χ0n) is 14.5. The number of benzene rings is 2. The molecule has 0 atom stereocenters. The van der Waals surface area contributed by atoms with Gasteiger partial charge in [-0.05, 0) is 38.8 Å². The molecule has 0 bridgehead atoms. The summed E-state index contributed by atoms with van der Waals surface area (Å²) < 4.78 is 11.9. The smallest absolute Gasteiger partial charge is 0.339 e. The van der Waals surface area contributed by atoms with Gasteiger partial charge < -0.3 is 14.6 Å². The summed E-state index contributed by atoms with van der Waals surface area (Å²) in [5.41, 5.74) is 3.38. The summed E-state index contributed by atoms with van der Waals surface area (Å²) in [7, 11) is 0. The maximum atomic E-state index is 11.8. The molecule has 0 saturated carbocycles. The molecule has 1 heterocycles. The lowest BCUT2D eigenvalue weighted by molar-refractivity contribution is 0.0684. The second-order valence-corrected chi connectivity index (χ2v) is 6.88. The molecule has 2 aromatic rings. The summed E-state index contributed by atoms with van der Waals surface area (Å²) in [6.45, 7) is 8.11. The Kier molecular flexibility index (Phi) is 3.99. The maximum Gasteiger partial charge on any atom is 0.339 e. The fourth-order valence-corrected chi connectivity index (χ4v) is 3.29. The van der Waals surface area contributed by atoms with Gasteiger partial charge in [0.25, 0.3) is 0 Å². The van der Waals surface area contributed by atoms with E-state index in [1.807, 2.05) is 51.1 Å². The van der Waals surface area contributed by atoms with Crippen LogP contribution in [0.4, 0.5) is 0 Å². The summed E-state index contributed by atoms with van der Waals surface area (Å²) >= 11 is 0. The van der Waals surface area contributed by atoms with Crippen LogP contribution >= 0.6 is 0 Å². The molecule has 0 unspecified atom stereocenters. The van der Waals surface area contributed by atoms with Gasteiger partial charge in [-0.1, -0.05) is 30.3 Å². The molecule has 1 aliphatic heterocycles. The Morgan fingerprint density at radius 2 is 1.88 bits per heavy atom. The average molecular weight is 326 g/mol. The number of hydrogen-bond acceptors (Lipinski definition) is 3. The molecule has 24 heavy (non-hydrogen) atoms. The highest BCUT2D eigenvalue weighted by atomic mass is 16.5. The molecule has 1 aliphatic rings. The number of carbonyl (C=O) groups is 1. The molecule has 0 fully saturated rings. The Morgan fingerprint density at radius 1 is 1.21 bits per heavy atom. The third-order valence-electron chi connectivity index (χ3n) is 4.43. The van der Waals surface area contributed by atoms with Crippen molar-refractivity contribution in [3.8, 4) is 11.5 Å². The first-order chi connectivity index (χ1) is 11.3. The lowest BCUT2D eigenvalue weighted by atomic mass is 9.93. The molecule has 126 valence electrons. The van der Waals surface area contributed by atoms with Crippen molar-refractivity contribution >= 4 is 5.97 Å². The first-order valence-electron chi connectivity index (χ1n) is 8.05. The van der Waals surface area contributed by atoms with E-state index in [0.717, 1.165) is 16.7 Å². The van der Waals surface area contributed by atoms with Gasteiger partial charge in [-0.15, -0.1) is 0 Å². The van der Waals surface area contributed by atoms with E-state index in [0.29, 0.717) is 30.1 Å². The Hall–Kier alpha value is -2.49. The molecule has 3 rings (SSSR count). The van der Waals surface area contributed by atoms with Gasteiger partial charge in [-0.2, -0.15) is 0 Å². The van der Waals surface area contributed by atoms with Gasteiger partial charge in [0.15, 0.2) is 0 Å². The lowest BCUT2D eigenvalue weighted by Crippen LogP contribution is -2.25. The number of aromatic carboxylic acids is 1. The van der Waals surface area contributed by atoms with Crippen molar-refractivity contribution in [1.29, 1.82) is 0 Å². The Labute approximate surface area is 142 Å². The van der Waals surface area contributed by atoms with Gasteiger partial charge in [-0.25, -0.2) is 4.79 Å². The third kappa shape index (κ3) is 2.84. The van der Waals surface area contributed by atoms with E-state index >= 15 is 0 Å². The summed E-state index contributed by atoms with van der Waals surface area (Å²) in [4.78, 5) is 11.8. The molecule has 0 saturated heterocycles. The van der Waals surface area contributed by atoms with Crippen molar-refractivity contribution in [3.63, 3.8) is 0 Å². The number of fused-ring (bicyclic) bond motifs is 1. The number of carboxylic acid groups (broad SMARTS) is 1. The minimum Gasteiger partial charge on any atom is -0.488 e. The van der Waals surface area contributed by atoms with Crippen LogP contribution in [-0.2, 0) is 13.0 Å². The molecule has 0 spiro atoms. The number of ether oxygens (including phenoxy) is 2. The fraction of sp³-hybridized carbons (Fsp3) is 0.350. The normalized spacial score (nSPS) is 14.8. The Bertz CT molecular complexity index is 791. The predicted octanol–water partition coefficient (Wildman–Crippen LogP) is 4.29. The molecule has 0 aliphatic carbocycles. The first kappa shape index (κ1) is 16.4. The monoisotopic (exact) mass is 326 g/mol. The standard InChI is InChI=1S/C20H22O4/c1-12-15-10-20(3,4)24-18(15)16(19(21)22)13(2)17(12)23-11-14-8-6-5-7-9-14/h5-9H,10-11H2,1-4H3,(H,21,22). The van der Waals surface area contributed by atoms with Crippen LogP contribution in [0.3, 0.4) is 0 Å². The maximum absolute atomic E-state index is 11.8. The largest absolute Gasteiger partial charge is 0.488 e. The van der Waals surface area contributed by atoms with Gasteiger partial charge in [0.2, 0.25) is 0 Å². The van der Waals surface area contributed by atoms with E-state index in [9.17, 15) is 9.90 Å². The van der Waals surface area contributed by atoms with Gasteiger partial charge >= 0.3 is 5.97 Å². The van der Waals surface area contributed by atoms with Crippen LogP contribution in [0.5, 0.6) is 11.5 Å². The molecular weight excluding hydrogens is 304 g/mol. The fourth-order valence-electron chi connectivity index (χ4n) is 3.29. The molecule has 0 amide bonds. The molecule has 2 aromatic carbocycles. The highest BCUT2D eigenvalue weighted by molar-refractivity contribution is 5.95. The quantitative estimate of drug-likeness (QED) is 0.910. The van der Waals surface area contributed by atoms with Crippen molar-refractivity contribution in [3.05, 3.63) is 58.1 Å². The molecule has 0 aromatic heterocycles. The van der Waals surface area contributed by atoms with E-state index in [1.54, 1.807) is 6.92 Å². The van der Waals surface area contributed by atoms with Crippen molar-refractivity contribution < 1.29 is 19.4 Å². The predicted molar refractivity (Wildman–Crippen MR) is 92.1 cm³/mol. The van der Waals surface area contributed by atoms with Gasteiger partial charge in [0, 0.05) is 17.5 Å². The average Bonchev–Trinajstić information content (AvgIpc) is 2.83. The van der Waals surface area contributed by atoms with E-state index < -0.39 is 11.6 Å². The van der Waals surface area contributed by atoms with Crippen molar-refractivity contribution in [2.24, 2.45) is 0 Å². The molecule has 0 radical (unpaired) electrons. The topological polar surface area (TPSA) is 55.8 Å².